The van der Waals surface area contributed by atoms with Crippen molar-refractivity contribution in [3.05, 3.63) is 83.4 Å². The Morgan fingerprint density at radius 2 is 1.47 bits per heavy atom. The van der Waals surface area contributed by atoms with E-state index in [0.717, 1.165) is 11.1 Å². The highest BCUT2D eigenvalue weighted by Crippen LogP contribution is 2.30. The molecule has 0 fully saturated rings. The quantitative estimate of drug-likeness (QED) is 0.682. The fraction of sp³-hybridized carbons (Fsp3) is 0.158. The fourth-order valence-corrected chi connectivity index (χ4v) is 2.42. The fourth-order valence-electron chi connectivity index (χ4n) is 2.42. The molecule has 0 aliphatic carbocycles. The van der Waals surface area contributed by atoms with Crippen molar-refractivity contribution in [1.29, 1.82) is 0 Å². The molecule has 0 heterocycles. The van der Waals surface area contributed by atoms with E-state index in [1.165, 1.54) is 27.8 Å². The Labute approximate surface area is 116 Å². The Kier molecular flexibility index (Phi) is 3.71. The standard InChI is InChI=1S/C19H20/c1-13(2)17-8-6-7-9-19(17)16(5)18-11-10-14(3)12-15(18)4/h6-12H,1,5H2,2-4H3. The van der Waals surface area contributed by atoms with Crippen LogP contribution in [-0.4, -0.2) is 0 Å². The number of benzene rings is 2. The maximum atomic E-state index is 4.29. The van der Waals surface area contributed by atoms with E-state index in [0.29, 0.717) is 0 Å². The Bertz CT molecular complexity index is 645. The molecule has 2 aromatic carbocycles. The summed E-state index contributed by atoms with van der Waals surface area (Å²) >= 11 is 0. The van der Waals surface area contributed by atoms with Crippen LogP contribution >= 0.6 is 0 Å². The van der Waals surface area contributed by atoms with Crippen LogP contribution in [0.4, 0.5) is 0 Å². The molecule has 0 nitrogen and oxygen atoms in total. The molecule has 19 heavy (non-hydrogen) atoms. The molecule has 0 aliphatic rings. The Hall–Kier alpha value is -2.08. The minimum Gasteiger partial charge on any atom is -0.0955 e. The Morgan fingerprint density at radius 3 is 2.05 bits per heavy atom. The van der Waals surface area contributed by atoms with Gasteiger partial charge in [0.2, 0.25) is 0 Å². The van der Waals surface area contributed by atoms with Crippen molar-refractivity contribution >= 4 is 11.1 Å². The Morgan fingerprint density at radius 1 is 0.842 bits per heavy atom. The molecule has 0 unspecified atom stereocenters. The van der Waals surface area contributed by atoms with Crippen LogP contribution in [-0.2, 0) is 0 Å². The highest BCUT2D eigenvalue weighted by atomic mass is 14.1. The van der Waals surface area contributed by atoms with Crippen molar-refractivity contribution in [2.75, 3.05) is 0 Å². The lowest BCUT2D eigenvalue weighted by molar-refractivity contribution is 1.35. The first-order valence-electron chi connectivity index (χ1n) is 6.52. The van der Waals surface area contributed by atoms with Crippen molar-refractivity contribution in [2.45, 2.75) is 20.8 Å². The van der Waals surface area contributed by atoms with Gasteiger partial charge in [-0.2, -0.15) is 0 Å². The second-order valence-corrected chi connectivity index (χ2v) is 5.12. The molecule has 0 amide bonds. The van der Waals surface area contributed by atoms with Crippen LogP contribution in [0.25, 0.3) is 11.1 Å². The summed E-state index contributed by atoms with van der Waals surface area (Å²) in [4.78, 5) is 0. The van der Waals surface area contributed by atoms with E-state index in [-0.39, 0.29) is 0 Å². The van der Waals surface area contributed by atoms with Gasteiger partial charge in [0.05, 0.1) is 0 Å². The van der Waals surface area contributed by atoms with E-state index in [1.807, 2.05) is 13.0 Å². The van der Waals surface area contributed by atoms with Gasteiger partial charge < -0.3 is 0 Å². The summed E-state index contributed by atoms with van der Waals surface area (Å²) in [7, 11) is 0. The van der Waals surface area contributed by atoms with Gasteiger partial charge in [0.1, 0.15) is 0 Å². The summed E-state index contributed by atoms with van der Waals surface area (Å²) in [6, 6.07) is 14.8. The van der Waals surface area contributed by atoms with Gasteiger partial charge in [0, 0.05) is 0 Å². The second kappa shape index (κ2) is 5.27. The highest BCUT2D eigenvalue weighted by Gasteiger charge is 2.10. The van der Waals surface area contributed by atoms with Crippen molar-refractivity contribution in [1.82, 2.24) is 0 Å². The van der Waals surface area contributed by atoms with Gasteiger partial charge >= 0.3 is 0 Å². The molecule has 0 atom stereocenters. The first-order chi connectivity index (χ1) is 9.00. The number of hydrogen-bond acceptors (Lipinski definition) is 0. The zero-order chi connectivity index (χ0) is 14.0. The first kappa shape index (κ1) is 13.4. The lowest BCUT2D eigenvalue weighted by Gasteiger charge is -2.14. The molecule has 0 heteroatoms. The molecule has 0 aromatic heterocycles. The molecule has 0 saturated heterocycles. The predicted molar refractivity (Wildman–Crippen MR) is 85.2 cm³/mol. The third-order valence-electron chi connectivity index (χ3n) is 3.42. The van der Waals surface area contributed by atoms with Crippen molar-refractivity contribution in [3.8, 4) is 0 Å². The van der Waals surface area contributed by atoms with Crippen LogP contribution in [0.5, 0.6) is 0 Å². The smallest absolute Gasteiger partial charge is 0.0109 e. The number of hydrogen-bond donors (Lipinski definition) is 0. The van der Waals surface area contributed by atoms with Gasteiger partial charge in [-0.3, -0.25) is 0 Å². The molecule has 0 aliphatic heterocycles. The lowest BCUT2D eigenvalue weighted by Crippen LogP contribution is -1.94. The minimum absolute atomic E-state index is 1.07. The van der Waals surface area contributed by atoms with Crippen molar-refractivity contribution in [2.24, 2.45) is 0 Å². The molecule has 0 bridgehead atoms. The van der Waals surface area contributed by atoms with Gasteiger partial charge in [-0.05, 0) is 48.6 Å². The van der Waals surface area contributed by atoms with Crippen molar-refractivity contribution in [3.63, 3.8) is 0 Å². The maximum absolute atomic E-state index is 4.29. The maximum Gasteiger partial charge on any atom is -0.0109 e. The minimum atomic E-state index is 1.07. The molecule has 0 radical (unpaired) electrons. The third-order valence-corrected chi connectivity index (χ3v) is 3.42. The lowest BCUT2D eigenvalue weighted by atomic mass is 9.90. The topological polar surface area (TPSA) is 0 Å². The van der Waals surface area contributed by atoms with E-state index in [4.69, 9.17) is 0 Å². The van der Waals surface area contributed by atoms with Gasteiger partial charge in [0.15, 0.2) is 0 Å². The predicted octanol–water partition coefficient (Wildman–Crippen LogP) is 5.40. The molecule has 2 aromatic rings. The van der Waals surface area contributed by atoms with Crippen LogP contribution in [0.15, 0.2) is 55.6 Å². The van der Waals surface area contributed by atoms with Crippen LogP contribution in [0.1, 0.15) is 34.7 Å². The third kappa shape index (κ3) is 2.68. The van der Waals surface area contributed by atoms with Crippen LogP contribution in [0.3, 0.4) is 0 Å². The molecule has 0 N–H and O–H groups in total. The zero-order valence-electron chi connectivity index (χ0n) is 12.0. The summed E-state index contributed by atoms with van der Waals surface area (Å²) in [5.41, 5.74) is 8.23. The van der Waals surface area contributed by atoms with E-state index in [9.17, 15) is 0 Å². The average Bonchev–Trinajstić information content (AvgIpc) is 2.38. The summed E-state index contributed by atoms with van der Waals surface area (Å²) < 4.78 is 0. The van der Waals surface area contributed by atoms with E-state index in [1.54, 1.807) is 0 Å². The summed E-state index contributed by atoms with van der Waals surface area (Å²) in [6.45, 7) is 14.6. The molecule has 0 saturated carbocycles. The number of rotatable bonds is 3. The van der Waals surface area contributed by atoms with Crippen LogP contribution in [0, 0.1) is 13.8 Å². The molecular weight excluding hydrogens is 228 g/mol. The number of allylic oxidation sites excluding steroid dienone is 1. The first-order valence-corrected chi connectivity index (χ1v) is 6.52. The van der Waals surface area contributed by atoms with E-state index < -0.39 is 0 Å². The highest BCUT2D eigenvalue weighted by molar-refractivity contribution is 5.86. The van der Waals surface area contributed by atoms with Crippen LogP contribution in [0.2, 0.25) is 0 Å². The average molecular weight is 248 g/mol. The van der Waals surface area contributed by atoms with Crippen molar-refractivity contribution < 1.29 is 0 Å². The molecule has 96 valence electrons. The van der Waals surface area contributed by atoms with Gasteiger partial charge in [0.25, 0.3) is 0 Å². The Balaban J connectivity index is 2.53. The summed E-state index contributed by atoms with van der Waals surface area (Å²) in [5.74, 6) is 0. The van der Waals surface area contributed by atoms with E-state index >= 15 is 0 Å². The molecular formula is C19H20. The summed E-state index contributed by atoms with van der Waals surface area (Å²) in [5, 5.41) is 0. The molecule has 2 rings (SSSR count). The number of aryl methyl sites for hydroxylation is 2. The normalized spacial score (nSPS) is 10.3. The van der Waals surface area contributed by atoms with Gasteiger partial charge in [-0.25, -0.2) is 0 Å². The zero-order valence-corrected chi connectivity index (χ0v) is 12.0. The van der Waals surface area contributed by atoms with Gasteiger partial charge in [-0.15, -0.1) is 0 Å². The summed E-state index contributed by atoms with van der Waals surface area (Å²) in [6.07, 6.45) is 0. The van der Waals surface area contributed by atoms with E-state index in [2.05, 4.69) is 63.4 Å². The second-order valence-electron chi connectivity index (χ2n) is 5.12. The van der Waals surface area contributed by atoms with Crippen LogP contribution < -0.4 is 0 Å². The SMILES string of the molecule is C=C(C)c1ccccc1C(=C)c1ccc(C)cc1C. The monoisotopic (exact) mass is 248 g/mol. The molecule has 0 spiro atoms. The van der Waals surface area contributed by atoms with Gasteiger partial charge in [-0.1, -0.05) is 66.8 Å². The largest absolute Gasteiger partial charge is 0.0955 e.